The maximum absolute atomic E-state index is 12.2. The van der Waals surface area contributed by atoms with E-state index < -0.39 is 6.10 Å². The first kappa shape index (κ1) is 15.4. The van der Waals surface area contributed by atoms with Crippen molar-refractivity contribution in [3.05, 3.63) is 12.2 Å². The van der Waals surface area contributed by atoms with Crippen LogP contribution in [0, 0.1) is 17.8 Å². The summed E-state index contributed by atoms with van der Waals surface area (Å²) in [6.07, 6.45) is 9.53. The second-order valence-electron chi connectivity index (χ2n) is 5.84. The van der Waals surface area contributed by atoms with Crippen LogP contribution in [0.2, 0.25) is 0 Å². The first-order valence-corrected chi connectivity index (χ1v) is 7.39. The Balaban J connectivity index is 2.70. The van der Waals surface area contributed by atoms with Gasteiger partial charge < -0.3 is 5.11 Å². The zero-order valence-corrected chi connectivity index (χ0v) is 12.1. The van der Waals surface area contributed by atoms with Crippen molar-refractivity contribution in [1.29, 1.82) is 0 Å². The summed E-state index contributed by atoms with van der Waals surface area (Å²) in [5, 5.41) is 10.5. The summed E-state index contributed by atoms with van der Waals surface area (Å²) >= 11 is 0. The summed E-state index contributed by atoms with van der Waals surface area (Å²) in [6.45, 7) is 6.16. The van der Waals surface area contributed by atoms with Crippen molar-refractivity contribution in [3.8, 4) is 0 Å². The predicted molar refractivity (Wildman–Crippen MR) is 75.3 cm³/mol. The lowest BCUT2D eigenvalue weighted by molar-refractivity contribution is -0.131. The fourth-order valence-electron chi connectivity index (χ4n) is 2.98. The molecule has 1 aliphatic rings. The average molecular weight is 252 g/mol. The van der Waals surface area contributed by atoms with Crippen LogP contribution in [-0.2, 0) is 4.79 Å². The molecule has 0 aromatic heterocycles. The van der Waals surface area contributed by atoms with Gasteiger partial charge in [0.15, 0.2) is 0 Å². The summed E-state index contributed by atoms with van der Waals surface area (Å²) in [6, 6.07) is 0. The van der Waals surface area contributed by atoms with E-state index in [4.69, 9.17) is 0 Å². The van der Waals surface area contributed by atoms with Gasteiger partial charge in [0.25, 0.3) is 0 Å². The van der Waals surface area contributed by atoms with E-state index in [1.165, 1.54) is 6.42 Å². The number of aliphatic hydroxyl groups is 1. The Morgan fingerprint density at radius 2 is 2.11 bits per heavy atom. The quantitative estimate of drug-likeness (QED) is 0.774. The van der Waals surface area contributed by atoms with Gasteiger partial charge in [0, 0.05) is 12.3 Å². The minimum atomic E-state index is -0.484. The van der Waals surface area contributed by atoms with E-state index in [1.807, 2.05) is 19.9 Å². The number of hydrogen-bond acceptors (Lipinski definition) is 2. The normalized spacial score (nSPS) is 29.9. The Hall–Kier alpha value is -0.630. The number of hydrogen-bond donors (Lipinski definition) is 1. The number of rotatable bonds is 4. The number of aliphatic hydroxyl groups excluding tert-OH is 1. The largest absolute Gasteiger partial charge is 0.392 e. The molecule has 1 fully saturated rings. The van der Waals surface area contributed by atoms with Gasteiger partial charge in [-0.3, -0.25) is 4.79 Å². The second kappa shape index (κ2) is 7.73. The van der Waals surface area contributed by atoms with Crippen LogP contribution in [0.5, 0.6) is 0 Å². The van der Waals surface area contributed by atoms with Crippen molar-refractivity contribution in [1.82, 2.24) is 0 Å². The zero-order chi connectivity index (χ0) is 13.5. The molecule has 0 radical (unpaired) electrons. The highest BCUT2D eigenvalue weighted by atomic mass is 16.3. The Morgan fingerprint density at radius 3 is 2.78 bits per heavy atom. The Morgan fingerprint density at radius 1 is 1.39 bits per heavy atom. The summed E-state index contributed by atoms with van der Waals surface area (Å²) in [5.41, 5.74) is 0. The molecule has 18 heavy (non-hydrogen) atoms. The van der Waals surface area contributed by atoms with Crippen LogP contribution in [-0.4, -0.2) is 17.0 Å². The number of carbonyl (C=O) groups excluding carboxylic acids is 1. The molecule has 2 nitrogen and oxygen atoms in total. The van der Waals surface area contributed by atoms with Crippen molar-refractivity contribution in [2.24, 2.45) is 17.8 Å². The lowest BCUT2D eigenvalue weighted by Gasteiger charge is -2.32. The topological polar surface area (TPSA) is 37.3 Å². The highest BCUT2D eigenvalue weighted by Gasteiger charge is 2.34. The van der Waals surface area contributed by atoms with Crippen molar-refractivity contribution in [2.75, 3.05) is 0 Å². The standard InChI is InChI=1S/C16H28O2/c1-4-5-9-13(3)16(18)15-12(2)10-7-6-8-11-14(15)17/h4-5,12-13,15-16,18H,6-11H2,1-3H3/b5-4+/t12?,13-,15-,16-/m1/s1. The van der Waals surface area contributed by atoms with Crippen LogP contribution in [0.4, 0.5) is 0 Å². The Bertz CT molecular complexity index is 283. The molecule has 1 saturated carbocycles. The third-order valence-corrected chi connectivity index (χ3v) is 4.26. The summed E-state index contributed by atoms with van der Waals surface area (Å²) in [4.78, 5) is 12.2. The maximum Gasteiger partial charge on any atom is 0.138 e. The lowest BCUT2D eigenvalue weighted by atomic mass is 9.75. The summed E-state index contributed by atoms with van der Waals surface area (Å²) in [5.74, 6) is 0.616. The van der Waals surface area contributed by atoms with Gasteiger partial charge >= 0.3 is 0 Å². The molecule has 1 N–H and O–H groups in total. The van der Waals surface area contributed by atoms with Crippen LogP contribution in [0.15, 0.2) is 12.2 Å². The van der Waals surface area contributed by atoms with E-state index in [9.17, 15) is 9.90 Å². The molecule has 0 saturated heterocycles. The lowest BCUT2D eigenvalue weighted by Crippen LogP contribution is -2.38. The smallest absolute Gasteiger partial charge is 0.138 e. The van der Waals surface area contributed by atoms with Crippen LogP contribution >= 0.6 is 0 Å². The third kappa shape index (κ3) is 4.24. The van der Waals surface area contributed by atoms with Crippen LogP contribution in [0.3, 0.4) is 0 Å². The van der Waals surface area contributed by atoms with Gasteiger partial charge in [0.2, 0.25) is 0 Å². The summed E-state index contributed by atoms with van der Waals surface area (Å²) in [7, 11) is 0. The average Bonchev–Trinajstić information content (AvgIpc) is 2.33. The molecule has 0 aromatic carbocycles. The van der Waals surface area contributed by atoms with E-state index in [2.05, 4.69) is 13.0 Å². The van der Waals surface area contributed by atoms with Crippen molar-refractivity contribution < 1.29 is 9.90 Å². The molecule has 0 aromatic rings. The number of carbonyl (C=O) groups is 1. The summed E-state index contributed by atoms with van der Waals surface area (Å²) < 4.78 is 0. The zero-order valence-electron chi connectivity index (χ0n) is 12.1. The van der Waals surface area contributed by atoms with Crippen molar-refractivity contribution in [3.63, 3.8) is 0 Å². The van der Waals surface area contributed by atoms with Crippen LogP contribution in [0.1, 0.15) is 59.3 Å². The van der Waals surface area contributed by atoms with E-state index in [0.29, 0.717) is 12.3 Å². The second-order valence-corrected chi connectivity index (χ2v) is 5.84. The predicted octanol–water partition coefficient (Wildman–Crippen LogP) is 3.74. The third-order valence-electron chi connectivity index (χ3n) is 4.26. The van der Waals surface area contributed by atoms with Crippen LogP contribution in [0.25, 0.3) is 0 Å². The molecule has 1 rings (SSSR count). The molecule has 1 aliphatic carbocycles. The minimum Gasteiger partial charge on any atom is -0.392 e. The molecule has 104 valence electrons. The fraction of sp³-hybridized carbons (Fsp3) is 0.812. The highest BCUT2D eigenvalue weighted by Crippen LogP contribution is 2.31. The monoisotopic (exact) mass is 252 g/mol. The molecule has 4 atom stereocenters. The SMILES string of the molecule is C/C=C/C[C@@H](C)[C@@H](O)[C@H]1C(=O)CCCCCC1C. The van der Waals surface area contributed by atoms with Gasteiger partial charge in [-0.25, -0.2) is 0 Å². The van der Waals surface area contributed by atoms with E-state index in [1.54, 1.807) is 0 Å². The first-order valence-electron chi connectivity index (χ1n) is 7.39. The molecule has 2 heteroatoms. The van der Waals surface area contributed by atoms with E-state index in [-0.39, 0.29) is 17.6 Å². The minimum absolute atomic E-state index is 0.148. The molecule has 1 unspecified atom stereocenters. The molecular weight excluding hydrogens is 224 g/mol. The number of Topliss-reactive ketones (excluding diaryl/α,β-unsaturated/α-hetero) is 1. The molecular formula is C16H28O2. The van der Waals surface area contributed by atoms with Gasteiger partial charge in [-0.2, -0.15) is 0 Å². The van der Waals surface area contributed by atoms with Gasteiger partial charge in [-0.1, -0.05) is 38.8 Å². The van der Waals surface area contributed by atoms with Crippen molar-refractivity contribution in [2.45, 2.75) is 65.4 Å². The molecule has 0 bridgehead atoms. The molecule has 0 spiro atoms. The molecule has 0 aliphatic heterocycles. The van der Waals surface area contributed by atoms with E-state index in [0.717, 1.165) is 25.7 Å². The maximum atomic E-state index is 12.2. The molecule has 0 amide bonds. The number of ketones is 1. The van der Waals surface area contributed by atoms with Gasteiger partial charge in [0.1, 0.15) is 5.78 Å². The molecule has 0 heterocycles. The Kier molecular flexibility index (Phi) is 6.62. The number of allylic oxidation sites excluding steroid dienone is 2. The van der Waals surface area contributed by atoms with E-state index >= 15 is 0 Å². The highest BCUT2D eigenvalue weighted by molar-refractivity contribution is 5.81. The van der Waals surface area contributed by atoms with Gasteiger partial charge in [-0.15, -0.1) is 0 Å². The van der Waals surface area contributed by atoms with Crippen LogP contribution < -0.4 is 0 Å². The van der Waals surface area contributed by atoms with Crippen molar-refractivity contribution >= 4 is 5.78 Å². The Labute approximate surface area is 111 Å². The van der Waals surface area contributed by atoms with Gasteiger partial charge in [0.05, 0.1) is 6.10 Å². The fourth-order valence-corrected chi connectivity index (χ4v) is 2.98. The van der Waals surface area contributed by atoms with Gasteiger partial charge in [-0.05, 0) is 38.0 Å². The first-order chi connectivity index (χ1) is 8.57.